The van der Waals surface area contributed by atoms with Gasteiger partial charge < -0.3 is 10.6 Å². The molecule has 4 heteroatoms. The van der Waals surface area contributed by atoms with Gasteiger partial charge in [0.1, 0.15) is 5.01 Å². The number of hydrogen-bond donors (Lipinski definition) is 2. The quantitative estimate of drug-likeness (QED) is 0.818. The largest absolute Gasteiger partial charge is 0.316 e. The highest BCUT2D eigenvalue weighted by molar-refractivity contribution is 7.09. The lowest BCUT2D eigenvalue weighted by Crippen LogP contribution is -2.32. The number of aromatic nitrogens is 1. The maximum atomic E-state index is 4.40. The molecule has 2 atom stereocenters. The van der Waals surface area contributed by atoms with Crippen molar-refractivity contribution in [2.75, 3.05) is 19.6 Å². The molecular formula is C13H23N3S. The normalized spacial score (nSPS) is 22.5. The van der Waals surface area contributed by atoms with Crippen molar-refractivity contribution >= 4 is 11.3 Å². The number of thiazole rings is 1. The number of nitrogens with zero attached hydrogens (tertiary/aromatic N) is 1. The molecule has 0 spiro atoms. The summed E-state index contributed by atoms with van der Waals surface area (Å²) in [5.74, 6) is 0.866. The van der Waals surface area contributed by atoms with E-state index < -0.39 is 0 Å². The molecular weight excluding hydrogens is 230 g/mol. The van der Waals surface area contributed by atoms with Gasteiger partial charge >= 0.3 is 0 Å². The van der Waals surface area contributed by atoms with E-state index in [9.17, 15) is 0 Å². The van der Waals surface area contributed by atoms with Crippen molar-refractivity contribution in [3.8, 4) is 0 Å². The predicted octanol–water partition coefficient (Wildman–Crippen LogP) is 2.57. The van der Waals surface area contributed by atoms with E-state index in [0.29, 0.717) is 6.04 Å². The first-order chi connectivity index (χ1) is 8.40. The maximum Gasteiger partial charge on any atom is 0.109 e. The van der Waals surface area contributed by atoms with Crippen LogP contribution in [0.25, 0.3) is 0 Å². The van der Waals surface area contributed by atoms with Crippen LogP contribution in [0.2, 0.25) is 0 Å². The summed E-state index contributed by atoms with van der Waals surface area (Å²) in [4.78, 5) is 4.40. The van der Waals surface area contributed by atoms with Crippen molar-refractivity contribution < 1.29 is 0 Å². The molecule has 2 heterocycles. The van der Waals surface area contributed by atoms with E-state index in [1.165, 1.54) is 37.4 Å². The molecule has 0 saturated carbocycles. The van der Waals surface area contributed by atoms with Crippen LogP contribution >= 0.6 is 11.3 Å². The zero-order valence-electron chi connectivity index (χ0n) is 10.6. The van der Waals surface area contributed by atoms with E-state index in [1.807, 2.05) is 6.20 Å². The molecule has 0 aliphatic carbocycles. The summed E-state index contributed by atoms with van der Waals surface area (Å²) >= 11 is 1.76. The van der Waals surface area contributed by atoms with Gasteiger partial charge in [-0.25, -0.2) is 4.98 Å². The molecule has 1 aliphatic rings. The Morgan fingerprint density at radius 3 is 3.24 bits per heavy atom. The van der Waals surface area contributed by atoms with Crippen LogP contribution in [0.3, 0.4) is 0 Å². The molecule has 3 nitrogen and oxygen atoms in total. The number of rotatable bonds is 6. The Morgan fingerprint density at radius 1 is 1.65 bits per heavy atom. The molecule has 17 heavy (non-hydrogen) atoms. The van der Waals surface area contributed by atoms with Crippen LogP contribution in [0.5, 0.6) is 0 Å². The summed E-state index contributed by atoms with van der Waals surface area (Å²) in [6.07, 6.45) is 7.04. The standard InChI is InChI=1S/C13H23N3S/c1-2-12(13-16-8-9-17-13)15-7-5-11-4-3-6-14-10-11/h8-9,11-12,14-15H,2-7,10H2,1H3. The predicted molar refractivity (Wildman–Crippen MR) is 73.4 cm³/mol. The van der Waals surface area contributed by atoms with Crippen molar-refractivity contribution in [3.63, 3.8) is 0 Å². The highest BCUT2D eigenvalue weighted by atomic mass is 32.1. The molecule has 1 fully saturated rings. The third-order valence-electron chi connectivity index (χ3n) is 3.50. The van der Waals surface area contributed by atoms with E-state index in [-0.39, 0.29) is 0 Å². The molecule has 0 radical (unpaired) electrons. The van der Waals surface area contributed by atoms with Crippen LogP contribution in [0.4, 0.5) is 0 Å². The topological polar surface area (TPSA) is 37.0 Å². The van der Waals surface area contributed by atoms with Gasteiger partial charge in [0.2, 0.25) is 0 Å². The van der Waals surface area contributed by atoms with E-state index in [4.69, 9.17) is 0 Å². The second kappa shape index (κ2) is 7.09. The summed E-state index contributed by atoms with van der Waals surface area (Å²) in [5.41, 5.74) is 0. The molecule has 96 valence electrons. The Balaban J connectivity index is 1.69. The Morgan fingerprint density at radius 2 is 2.59 bits per heavy atom. The van der Waals surface area contributed by atoms with Crippen molar-refractivity contribution in [1.82, 2.24) is 15.6 Å². The van der Waals surface area contributed by atoms with Gasteiger partial charge in [-0.15, -0.1) is 11.3 Å². The molecule has 1 aromatic heterocycles. The average molecular weight is 253 g/mol. The van der Waals surface area contributed by atoms with Crippen LogP contribution in [0, 0.1) is 5.92 Å². The zero-order chi connectivity index (χ0) is 11.9. The first-order valence-corrected chi connectivity index (χ1v) is 7.61. The average Bonchev–Trinajstić information content (AvgIpc) is 2.90. The lowest BCUT2D eigenvalue weighted by Gasteiger charge is -2.23. The van der Waals surface area contributed by atoms with Gasteiger partial charge in [-0.05, 0) is 51.2 Å². The van der Waals surface area contributed by atoms with Crippen LogP contribution < -0.4 is 10.6 Å². The van der Waals surface area contributed by atoms with Gasteiger partial charge in [0.15, 0.2) is 0 Å². The van der Waals surface area contributed by atoms with Gasteiger partial charge in [0.25, 0.3) is 0 Å². The highest BCUT2D eigenvalue weighted by Crippen LogP contribution is 2.19. The molecule has 1 saturated heterocycles. The molecule has 0 aromatic carbocycles. The first kappa shape index (κ1) is 13.0. The summed E-state index contributed by atoms with van der Waals surface area (Å²) in [6.45, 7) is 5.75. The van der Waals surface area contributed by atoms with Gasteiger partial charge in [-0.1, -0.05) is 6.92 Å². The van der Waals surface area contributed by atoms with Gasteiger partial charge in [-0.2, -0.15) is 0 Å². The van der Waals surface area contributed by atoms with Gasteiger partial charge in [-0.3, -0.25) is 0 Å². The fraction of sp³-hybridized carbons (Fsp3) is 0.769. The molecule has 1 aromatic rings. The van der Waals surface area contributed by atoms with E-state index in [1.54, 1.807) is 11.3 Å². The number of nitrogens with one attached hydrogen (secondary N) is 2. The van der Waals surface area contributed by atoms with Crippen molar-refractivity contribution in [1.29, 1.82) is 0 Å². The number of hydrogen-bond acceptors (Lipinski definition) is 4. The minimum Gasteiger partial charge on any atom is -0.316 e. The molecule has 2 N–H and O–H groups in total. The summed E-state index contributed by atoms with van der Waals surface area (Å²) in [7, 11) is 0. The second-order valence-corrected chi connectivity index (χ2v) is 5.71. The Hall–Kier alpha value is -0.450. The van der Waals surface area contributed by atoms with Crippen LogP contribution in [0.1, 0.15) is 43.7 Å². The van der Waals surface area contributed by atoms with Crippen molar-refractivity contribution in [3.05, 3.63) is 16.6 Å². The van der Waals surface area contributed by atoms with Crippen molar-refractivity contribution in [2.24, 2.45) is 5.92 Å². The molecule has 2 unspecified atom stereocenters. The molecule has 0 bridgehead atoms. The summed E-state index contributed by atoms with van der Waals surface area (Å²) < 4.78 is 0. The zero-order valence-corrected chi connectivity index (χ0v) is 11.4. The summed E-state index contributed by atoms with van der Waals surface area (Å²) in [6, 6.07) is 0.451. The molecule has 1 aliphatic heterocycles. The Labute approximate surface area is 108 Å². The van der Waals surface area contributed by atoms with E-state index >= 15 is 0 Å². The van der Waals surface area contributed by atoms with E-state index in [2.05, 4.69) is 27.9 Å². The summed E-state index contributed by atoms with van der Waals surface area (Å²) in [5, 5.41) is 10.4. The minimum atomic E-state index is 0.451. The van der Waals surface area contributed by atoms with Crippen LogP contribution in [-0.4, -0.2) is 24.6 Å². The molecule has 0 amide bonds. The Bertz CT molecular complexity index is 294. The molecule has 2 rings (SSSR count). The lowest BCUT2D eigenvalue weighted by atomic mass is 9.96. The third kappa shape index (κ3) is 4.05. The third-order valence-corrected chi connectivity index (χ3v) is 4.39. The smallest absolute Gasteiger partial charge is 0.109 e. The van der Waals surface area contributed by atoms with Gasteiger partial charge in [0, 0.05) is 11.6 Å². The maximum absolute atomic E-state index is 4.40. The van der Waals surface area contributed by atoms with Gasteiger partial charge in [0.05, 0.1) is 6.04 Å². The van der Waals surface area contributed by atoms with Crippen molar-refractivity contribution in [2.45, 2.75) is 38.6 Å². The lowest BCUT2D eigenvalue weighted by molar-refractivity contribution is 0.343. The fourth-order valence-electron chi connectivity index (χ4n) is 2.44. The van der Waals surface area contributed by atoms with E-state index in [0.717, 1.165) is 18.9 Å². The number of piperidine rings is 1. The monoisotopic (exact) mass is 253 g/mol. The fourth-order valence-corrected chi connectivity index (χ4v) is 3.24. The minimum absolute atomic E-state index is 0.451. The SMILES string of the molecule is CCC(NCCC1CCCNC1)c1nccs1. The Kier molecular flexibility index (Phi) is 5.42. The first-order valence-electron chi connectivity index (χ1n) is 6.73. The van der Waals surface area contributed by atoms with Crippen LogP contribution in [-0.2, 0) is 0 Å². The van der Waals surface area contributed by atoms with Crippen LogP contribution in [0.15, 0.2) is 11.6 Å². The highest BCUT2D eigenvalue weighted by Gasteiger charge is 2.14. The second-order valence-electron chi connectivity index (χ2n) is 4.79.